The Bertz CT molecular complexity index is 1110. The minimum absolute atomic E-state index is 0.0159. The molecular weight excluding hydrogens is 457 g/mol. The molecule has 0 aliphatic carbocycles. The second-order valence-electron chi connectivity index (χ2n) is 6.77. The predicted molar refractivity (Wildman–Crippen MR) is 112 cm³/mol. The highest BCUT2D eigenvalue weighted by Gasteiger charge is 2.32. The van der Waals surface area contributed by atoms with Crippen LogP contribution in [0.3, 0.4) is 0 Å². The first kappa shape index (κ1) is 21.3. The van der Waals surface area contributed by atoms with Gasteiger partial charge in [0, 0.05) is 22.9 Å². The van der Waals surface area contributed by atoms with E-state index in [4.69, 9.17) is 11.6 Å². The Morgan fingerprint density at radius 1 is 1.33 bits per heavy atom. The van der Waals surface area contributed by atoms with Crippen molar-refractivity contribution in [1.82, 2.24) is 14.6 Å². The summed E-state index contributed by atoms with van der Waals surface area (Å²) in [5.74, 6) is -0.126. The van der Waals surface area contributed by atoms with Gasteiger partial charge in [0.1, 0.15) is 0 Å². The quantitative estimate of drug-likeness (QED) is 0.477. The van der Waals surface area contributed by atoms with Crippen molar-refractivity contribution in [2.24, 2.45) is 0 Å². The molecule has 1 aliphatic rings. The summed E-state index contributed by atoms with van der Waals surface area (Å²) in [4.78, 5) is 15.7. The Balaban J connectivity index is 1.57. The second-order valence-corrected chi connectivity index (χ2v) is 9.60. The third kappa shape index (κ3) is 4.26. The summed E-state index contributed by atoms with van der Waals surface area (Å²) in [6.45, 7) is 2.70. The van der Waals surface area contributed by atoms with E-state index in [1.54, 1.807) is 16.7 Å². The minimum atomic E-state index is -4.55. The van der Waals surface area contributed by atoms with Gasteiger partial charge in [0.15, 0.2) is 10.8 Å². The monoisotopic (exact) mass is 472 g/mol. The highest BCUT2D eigenvalue weighted by atomic mass is 35.5. The van der Waals surface area contributed by atoms with Crippen LogP contribution in [0.1, 0.15) is 18.9 Å². The summed E-state index contributed by atoms with van der Waals surface area (Å²) in [7, 11) is 0. The number of hydrogen-bond donors (Lipinski definition) is 0. The molecule has 2 aromatic heterocycles. The SMILES string of the molecule is CC1CCN(C(=O)CSc2nnc3c(Cl)cc(C(F)(F)F)cn23)c2ccccc2S1. The van der Waals surface area contributed by atoms with Crippen molar-refractivity contribution in [1.29, 1.82) is 0 Å². The number of pyridine rings is 1. The molecule has 11 heteroatoms. The number of para-hydroxylation sites is 1. The molecule has 30 heavy (non-hydrogen) atoms. The Hall–Kier alpha value is -1.91. The summed E-state index contributed by atoms with van der Waals surface area (Å²) < 4.78 is 40.5. The molecule has 0 fully saturated rings. The molecule has 1 unspecified atom stereocenters. The number of thioether (sulfide) groups is 2. The average molecular weight is 473 g/mol. The van der Waals surface area contributed by atoms with Crippen molar-refractivity contribution >= 4 is 52.4 Å². The van der Waals surface area contributed by atoms with Crippen molar-refractivity contribution < 1.29 is 18.0 Å². The fourth-order valence-electron chi connectivity index (χ4n) is 3.14. The molecule has 0 saturated carbocycles. The largest absolute Gasteiger partial charge is 0.417 e. The standard InChI is InChI=1S/C19H16ClF3N4OS2/c1-11-6-7-26(14-4-2-3-5-15(14)30-11)16(28)10-29-18-25-24-17-13(20)8-12(9-27(17)18)19(21,22)23/h2-5,8-9,11H,6-7,10H2,1H3. The zero-order valence-corrected chi connectivity index (χ0v) is 18.1. The van der Waals surface area contributed by atoms with Crippen LogP contribution in [0.25, 0.3) is 5.65 Å². The topological polar surface area (TPSA) is 50.5 Å². The lowest BCUT2D eigenvalue weighted by Gasteiger charge is -2.22. The average Bonchev–Trinajstić information content (AvgIpc) is 3.02. The fraction of sp³-hybridized carbons (Fsp3) is 0.316. The minimum Gasteiger partial charge on any atom is -0.311 e. The first-order valence-electron chi connectivity index (χ1n) is 9.04. The van der Waals surface area contributed by atoms with Crippen LogP contribution in [0.2, 0.25) is 5.02 Å². The maximum absolute atomic E-state index is 13.1. The molecule has 1 aliphatic heterocycles. The van der Waals surface area contributed by atoms with Gasteiger partial charge in [-0.3, -0.25) is 9.20 Å². The molecule has 4 rings (SSSR count). The Morgan fingerprint density at radius 3 is 2.87 bits per heavy atom. The van der Waals surface area contributed by atoms with Gasteiger partial charge >= 0.3 is 6.18 Å². The summed E-state index contributed by atoms with van der Waals surface area (Å²) in [5, 5.41) is 8.18. The molecule has 3 heterocycles. The molecule has 158 valence electrons. The number of halogens is 4. The molecule has 5 nitrogen and oxygen atoms in total. The zero-order valence-electron chi connectivity index (χ0n) is 15.7. The van der Waals surface area contributed by atoms with Gasteiger partial charge in [-0.2, -0.15) is 13.2 Å². The molecule has 1 aromatic carbocycles. The molecule has 0 saturated heterocycles. The van der Waals surface area contributed by atoms with Gasteiger partial charge in [0.25, 0.3) is 0 Å². The van der Waals surface area contributed by atoms with Gasteiger partial charge in [-0.05, 0) is 24.6 Å². The number of carbonyl (C=O) groups is 1. The molecule has 0 bridgehead atoms. The number of amides is 1. The van der Waals surface area contributed by atoms with Crippen molar-refractivity contribution in [3.8, 4) is 0 Å². The Morgan fingerprint density at radius 2 is 2.10 bits per heavy atom. The van der Waals surface area contributed by atoms with E-state index in [1.165, 1.54) is 4.40 Å². The molecule has 1 atom stereocenters. The van der Waals surface area contributed by atoms with E-state index < -0.39 is 11.7 Å². The summed E-state index contributed by atoms with van der Waals surface area (Å²) >= 11 is 8.71. The maximum Gasteiger partial charge on any atom is 0.417 e. The lowest BCUT2D eigenvalue weighted by atomic mass is 10.2. The number of alkyl halides is 3. The fourth-order valence-corrected chi connectivity index (χ4v) is 5.28. The van der Waals surface area contributed by atoms with E-state index >= 15 is 0 Å². The molecule has 0 N–H and O–H groups in total. The number of benzene rings is 1. The van der Waals surface area contributed by atoms with E-state index in [9.17, 15) is 18.0 Å². The number of aromatic nitrogens is 3. The third-order valence-corrected chi connectivity index (χ3v) is 7.07. The van der Waals surface area contributed by atoms with Gasteiger partial charge in [-0.15, -0.1) is 22.0 Å². The summed E-state index contributed by atoms with van der Waals surface area (Å²) in [6.07, 6.45) is -2.81. The Labute approximate surface area is 184 Å². The summed E-state index contributed by atoms with van der Waals surface area (Å²) in [5.41, 5.74) is 0.0661. The smallest absolute Gasteiger partial charge is 0.311 e. The van der Waals surface area contributed by atoms with Crippen LogP contribution in [0, 0.1) is 0 Å². The number of fused-ring (bicyclic) bond motifs is 2. The lowest BCUT2D eigenvalue weighted by molar-refractivity contribution is -0.137. The van der Waals surface area contributed by atoms with E-state index in [0.717, 1.165) is 41.0 Å². The van der Waals surface area contributed by atoms with Gasteiger partial charge < -0.3 is 4.90 Å². The van der Waals surface area contributed by atoms with Crippen LogP contribution in [-0.2, 0) is 11.0 Å². The molecule has 3 aromatic rings. The normalized spacial score (nSPS) is 17.1. The van der Waals surface area contributed by atoms with Gasteiger partial charge in [0.05, 0.1) is 22.0 Å². The van der Waals surface area contributed by atoms with Crippen molar-refractivity contribution in [3.05, 3.63) is 47.1 Å². The van der Waals surface area contributed by atoms with E-state index in [-0.39, 0.29) is 27.5 Å². The van der Waals surface area contributed by atoms with E-state index in [1.807, 2.05) is 24.3 Å². The molecule has 0 spiro atoms. The van der Waals surface area contributed by atoms with Crippen LogP contribution < -0.4 is 4.90 Å². The number of hydrogen-bond acceptors (Lipinski definition) is 5. The van der Waals surface area contributed by atoms with E-state index in [2.05, 4.69) is 17.1 Å². The number of carbonyl (C=O) groups excluding carboxylic acids is 1. The van der Waals surface area contributed by atoms with Crippen LogP contribution in [0.5, 0.6) is 0 Å². The van der Waals surface area contributed by atoms with E-state index in [0.29, 0.717) is 11.8 Å². The maximum atomic E-state index is 13.1. The highest BCUT2D eigenvalue weighted by molar-refractivity contribution is 8.00. The van der Waals surface area contributed by atoms with Crippen molar-refractivity contribution in [2.45, 2.75) is 34.8 Å². The second kappa shape index (κ2) is 8.32. The van der Waals surface area contributed by atoms with Crippen molar-refractivity contribution in [2.75, 3.05) is 17.2 Å². The lowest BCUT2D eigenvalue weighted by Crippen LogP contribution is -2.33. The van der Waals surface area contributed by atoms with Crippen LogP contribution in [-0.4, -0.2) is 38.1 Å². The molecule has 0 radical (unpaired) electrons. The highest BCUT2D eigenvalue weighted by Crippen LogP contribution is 2.38. The van der Waals surface area contributed by atoms with Gasteiger partial charge in [0.2, 0.25) is 5.91 Å². The van der Waals surface area contributed by atoms with Crippen molar-refractivity contribution in [3.63, 3.8) is 0 Å². The summed E-state index contributed by atoms with van der Waals surface area (Å²) in [6, 6.07) is 8.53. The Kier molecular flexibility index (Phi) is 5.91. The van der Waals surface area contributed by atoms with Gasteiger partial charge in [-0.25, -0.2) is 0 Å². The first-order chi connectivity index (χ1) is 14.2. The number of nitrogens with zero attached hydrogens (tertiary/aromatic N) is 4. The third-order valence-electron chi connectivity index (χ3n) is 4.63. The van der Waals surface area contributed by atoms with Crippen LogP contribution >= 0.6 is 35.1 Å². The number of rotatable bonds is 3. The zero-order chi connectivity index (χ0) is 21.5. The van der Waals surface area contributed by atoms with Crippen LogP contribution in [0.15, 0.2) is 46.6 Å². The number of anilines is 1. The van der Waals surface area contributed by atoms with Gasteiger partial charge in [-0.1, -0.05) is 42.4 Å². The molecular formula is C19H16ClF3N4OS2. The predicted octanol–water partition coefficient (Wildman–Crippen LogP) is 5.41. The first-order valence-corrected chi connectivity index (χ1v) is 11.3. The molecule has 1 amide bonds. The van der Waals surface area contributed by atoms with Crippen LogP contribution in [0.4, 0.5) is 18.9 Å².